The van der Waals surface area contributed by atoms with Crippen molar-refractivity contribution >= 4 is 29.2 Å². The van der Waals surface area contributed by atoms with Crippen molar-refractivity contribution in [3.63, 3.8) is 0 Å². The van der Waals surface area contributed by atoms with Gasteiger partial charge < -0.3 is 9.64 Å². The van der Waals surface area contributed by atoms with Crippen LogP contribution in [0.25, 0.3) is 0 Å². The fourth-order valence-electron chi connectivity index (χ4n) is 4.90. The van der Waals surface area contributed by atoms with Gasteiger partial charge in [0.1, 0.15) is 6.61 Å². The van der Waals surface area contributed by atoms with E-state index >= 15 is 0 Å². The lowest BCUT2D eigenvalue weighted by atomic mass is 9.94. The molecule has 4 rings (SSSR count). The van der Waals surface area contributed by atoms with Crippen LogP contribution in [0.15, 0.2) is 53.5 Å². The summed E-state index contributed by atoms with van der Waals surface area (Å²) in [6, 6.07) is 15.0. The summed E-state index contributed by atoms with van der Waals surface area (Å²) in [5.74, 6) is -0.402. The Kier molecular flexibility index (Phi) is 7.95. The number of rotatable bonds is 6. The molecule has 7 heteroatoms. The summed E-state index contributed by atoms with van der Waals surface area (Å²) >= 11 is 0. The average Bonchev–Trinajstić information content (AvgIpc) is 3.19. The second-order valence-corrected chi connectivity index (χ2v) is 9.37. The van der Waals surface area contributed by atoms with Crippen molar-refractivity contribution < 1.29 is 19.1 Å². The van der Waals surface area contributed by atoms with Crippen LogP contribution in [0.2, 0.25) is 0 Å². The Morgan fingerprint density at radius 2 is 1.71 bits per heavy atom. The lowest BCUT2D eigenvalue weighted by Gasteiger charge is -2.27. The number of ether oxygens (including phenoxy) is 1. The van der Waals surface area contributed by atoms with E-state index in [9.17, 15) is 14.4 Å². The van der Waals surface area contributed by atoms with E-state index in [1.807, 2.05) is 62.4 Å². The number of nitrogens with one attached hydrogen (secondary N) is 1. The number of Topliss-reactive ketones (excluding diaryl/α,β-unsaturated/α-hetero) is 1. The summed E-state index contributed by atoms with van der Waals surface area (Å²) in [5, 5.41) is 2.61. The number of nitrogens with zero attached hydrogens (tertiary/aromatic N) is 2. The van der Waals surface area contributed by atoms with Crippen LogP contribution in [0.5, 0.6) is 0 Å². The highest BCUT2D eigenvalue weighted by molar-refractivity contribution is 6.14. The van der Waals surface area contributed by atoms with Gasteiger partial charge in [0, 0.05) is 17.2 Å². The maximum atomic E-state index is 13.7. The second kappa shape index (κ2) is 11.3. The van der Waals surface area contributed by atoms with Gasteiger partial charge in [-0.15, -0.1) is 0 Å². The SMILES string of the molecule is CC1=N[C@H](NC(=O)OCc2ccccc2)C(=O)N(CC(=O)C2CCCCCC2)c2c(C)cccc21. The Balaban J connectivity index is 1.55. The van der Waals surface area contributed by atoms with Crippen molar-refractivity contribution in [1.82, 2.24) is 5.32 Å². The van der Waals surface area contributed by atoms with E-state index in [1.54, 1.807) is 0 Å². The van der Waals surface area contributed by atoms with Gasteiger partial charge >= 0.3 is 6.09 Å². The van der Waals surface area contributed by atoms with Crippen molar-refractivity contribution in [2.75, 3.05) is 11.4 Å². The first kappa shape index (κ1) is 24.6. The predicted octanol–water partition coefficient (Wildman–Crippen LogP) is 4.94. The Hall–Kier alpha value is -3.48. The molecule has 2 amide bonds. The van der Waals surface area contributed by atoms with E-state index < -0.39 is 18.2 Å². The molecule has 0 bridgehead atoms. The van der Waals surface area contributed by atoms with Crippen LogP contribution in [-0.4, -0.2) is 36.2 Å². The molecule has 0 aromatic heterocycles. The summed E-state index contributed by atoms with van der Waals surface area (Å²) in [4.78, 5) is 45.6. The van der Waals surface area contributed by atoms with Gasteiger partial charge in [-0.3, -0.25) is 19.9 Å². The largest absolute Gasteiger partial charge is 0.445 e. The number of hydrogen-bond acceptors (Lipinski definition) is 5. The van der Waals surface area contributed by atoms with Crippen LogP contribution in [-0.2, 0) is 20.9 Å². The Morgan fingerprint density at radius 3 is 2.43 bits per heavy atom. The molecule has 7 nitrogen and oxygen atoms in total. The van der Waals surface area contributed by atoms with Crippen molar-refractivity contribution in [3.8, 4) is 0 Å². The van der Waals surface area contributed by atoms with E-state index in [0.29, 0.717) is 11.4 Å². The molecule has 2 aliphatic rings. The molecule has 2 aromatic rings. The molecule has 184 valence electrons. The minimum atomic E-state index is -1.17. The number of carbonyl (C=O) groups is 3. The lowest BCUT2D eigenvalue weighted by Crippen LogP contribution is -2.49. The van der Waals surface area contributed by atoms with Gasteiger partial charge in [0.15, 0.2) is 5.78 Å². The highest BCUT2D eigenvalue weighted by atomic mass is 16.5. The minimum Gasteiger partial charge on any atom is -0.445 e. The number of alkyl carbamates (subject to hydrolysis) is 1. The minimum absolute atomic E-state index is 0.0264. The third-order valence-electron chi connectivity index (χ3n) is 6.81. The number of benzene rings is 2. The van der Waals surface area contributed by atoms with Gasteiger partial charge in [-0.05, 0) is 37.8 Å². The third-order valence-corrected chi connectivity index (χ3v) is 6.81. The Labute approximate surface area is 206 Å². The Bertz CT molecular complexity index is 1100. The summed E-state index contributed by atoms with van der Waals surface area (Å²) in [6.45, 7) is 3.79. The standard InChI is InChI=1S/C28H33N3O4/c1-19-11-10-16-23-20(2)29-26(30-28(34)35-18-21-12-6-5-7-13-21)27(33)31(25(19)23)17-24(32)22-14-8-3-4-9-15-22/h5-7,10-13,16,22,26H,3-4,8-9,14-15,17-18H2,1-2H3,(H,30,34)/t26-/m1/s1. The first-order valence-electron chi connectivity index (χ1n) is 12.4. The van der Waals surface area contributed by atoms with Gasteiger partial charge in [-0.2, -0.15) is 0 Å². The topological polar surface area (TPSA) is 88.1 Å². The highest BCUT2D eigenvalue weighted by Gasteiger charge is 2.35. The Morgan fingerprint density at radius 1 is 1.00 bits per heavy atom. The van der Waals surface area contributed by atoms with E-state index in [1.165, 1.54) is 4.90 Å². The molecule has 1 atom stereocenters. The van der Waals surface area contributed by atoms with Gasteiger partial charge in [0.25, 0.3) is 5.91 Å². The molecule has 0 spiro atoms. The zero-order valence-electron chi connectivity index (χ0n) is 20.5. The van der Waals surface area contributed by atoms with Gasteiger partial charge in [0.2, 0.25) is 6.17 Å². The zero-order chi connectivity index (χ0) is 24.8. The van der Waals surface area contributed by atoms with Crippen LogP contribution in [0, 0.1) is 12.8 Å². The summed E-state index contributed by atoms with van der Waals surface area (Å²) < 4.78 is 5.32. The number of para-hydroxylation sites is 1. The number of ketones is 1. The molecule has 0 unspecified atom stereocenters. The summed E-state index contributed by atoms with van der Waals surface area (Å²) in [5.41, 5.74) is 3.81. The molecule has 1 aliphatic heterocycles. The van der Waals surface area contributed by atoms with Crippen LogP contribution >= 0.6 is 0 Å². The number of hydrogen-bond donors (Lipinski definition) is 1. The molecule has 0 radical (unpaired) electrons. The molecular formula is C28H33N3O4. The third kappa shape index (κ3) is 5.96. The molecule has 0 saturated heterocycles. The number of amides is 2. The predicted molar refractivity (Wildman–Crippen MR) is 135 cm³/mol. The number of carbonyl (C=O) groups excluding carboxylic acids is 3. The van der Waals surface area contributed by atoms with E-state index in [0.717, 1.165) is 55.2 Å². The first-order valence-corrected chi connectivity index (χ1v) is 12.4. The van der Waals surface area contributed by atoms with Gasteiger partial charge in [0.05, 0.1) is 12.2 Å². The average molecular weight is 476 g/mol. The van der Waals surface area contributed by atoms with Crippen molar-refractivity contribution in [3.05, 3.63) is 65.2 Å². The molecule has 1 saturated carbocycles. The lowest BCUT2D eigenvalue weighted by molar-refractivity contribution is -0.125. The van der Waals surface area contributed by atoms with Crippen LogP contribution in [0.4, 0.5) is 10.5 Å². The number of aliphatic imine (C=N–C) groups is 1. The van der Waals surface area contributed by atoms with Crippen molar-refractivity contribution in [2.24, 2.45) is 10.9 Å². The van der Waals surface area contributed by atoms with Crippen LogP contribution < -0.4 is 10.2 Å². The van der Waals surface area contributed by atoms with E-state index in [-0.39, 0.29) is 24.9 Å². The molecular weight excluding hydrogens is 442 g/mol. The van der Waals surface area contributed by atoms with Crippen LogP contribution in [0.1, 0.15) is 62.1 Å². The summed E-state index contributed by atoms with van der Waals surface area (Å²) in [6.07, 6.45) is 4.21. The van der Waals surface area contributed by atoms with Crippen molar-refractivity contribution in [1.29, 1.82) is 0 Å². The normalized spacial score (nSPS) is 18.7. The molecule has 1 fully saturated rings. The maximum absolute atomic E-state index is 13.7. The summed E-state index contributed by atoms with van der Waals surface area (Å²) in [7, 11) is 0. The highest BCUT2D eigenvalue weighted by Crippen LogP contribution is 2.31. The zero-order valence-corrected chi connectivity index (χ0v) is 20.5. The van der Waals surface area contributed by atoms with E-state index in [4.69, 9.17) is 4.74 Å². The molecule has 35 heavy (non-hydrogen) atoms. The number of anilines is 1. The maximum Gasteiger partial charge on any atom is 0.409 e. The second-order valence-electron chi connectivity index (χ2n) is 9.37. The number of benzodiazepines with no additional fused rings is 1. The van der Waals surface area contributed by atoms with Gasteiger partial charge in [-0.25, -0.2) is 4.79 Å². The number of fused-ring (bicyclic) bond motifs is 1. The van der Waals surface area contributed by atoms with Crippen LogP contribution in [0.3, 0.4) is 0 Å². The fraction of sp³-hybridized carbons (Fsp3) is 0.429. The smallest absolute Gasteiger partial charge is 0.409 e. The number of aryl methyl sites for hydroxylation is 1. The molecule has 2 aromatic carbocycles. The van der Waals surface area contributed by atoms with Crippen molar-refractivity contribution in [2.45, 2.75) is 65.1 Å². The monoisotopic (exact) mass is 475 g/mol. The fourth-order valence-corrected chi connectivity index (χ4v) is 4.90. The van der Waals surface area contributed by atoms with Gasteiger partial charge in [-0.1, -0.05) is 74.2 Å². The molecule has 1 N–H and O–H groups in total. The van der Waals surface area contributed by atoms with E-state index in [2.05, 4.69) is 10.3 Å². The molecule has 1 heterocycles. The quantitative estimate of drug-likeness (QED) is 0.599. The first-order chi connectivity index (χ1) is 16.9. The molecule has 1 aliphatic carbocycles.